The monoisotopic (exact) mass is 932 g/mol. The van der Waals surface area contributed by atoms with Gasteiger partial charge in [0.1, 0.15) is 17.5 Å². The van der Waals surface area contributed by atoms with Crippen LogP contribution in [0.4, 0.5) is 13.2 Å². The number of fused-ring (bicyclic) bond motifs is 4. The van der Waals surface area contributed by atoms with E-state index in [0.29, 0.717) is 0 Å². The number of halogens is 3. The molecule has 0 N–H and O–H groups in total. The molecule has 0 aliphatic heterocycles. The van der Waals surface area contributed by atoms with Crippen LogP contribution in [0.15, 0.2) is 243 Å². The Labute approximate surface area is 414 Å². The van der Waals surface area contributed by atoms with E-state index in [1.807, 2.05) is 54.6 Å². The Balaban J connectivity index is 1.14. The lowest BCUT2D eigenvalue weighted by molar-refractivity contribution is 0.627. The van der Waals surface area contributed by atoms with Gasteiger partial charge in [-0.05, 0) is 170 Å². The number of rotatable bonds is 8. The van der Waals surface area contributed by atoms with Crippen LogP contribution in [0.5, 0.6) is 0 Å². The normalized spacial score (nSPS) is 11.6. The third kappa shape index (κ3) is 7.12. The predicted octanol–water partition coefficient (Wildman–Crippen LogP) is 18.6. The van der Waals surface area contributed by atoms with Crippen LogP contribution in [0.2, 0.25) is 0 Å². The largest absolute Gasteiger partial charge is 0.309 e. The minimum atomic E-state index is -0.324. The molecule has 2 heterocycles. The summed E-state index contributed by atoms with van der Waals surface area (Å²) in [6, 6.07) is 80.3. The van der Waals surface area contributed by atoms with Crippen molar-refractivity contribution in [1.82, 2.24) is 9.13 Å². The first-order chi connectivity index (χ1) is 35.4. The Morgan fingerprint density at radius 1 is 0.264 bits per heavy atom. The first-order valence-corrected chi connectivity index (χ1v) is 24.1. The highest BCUT2D eigenvalue weighted by molar-refractivity contribution is 6.22. The molecule has 0 bridgehead atoms. The van der Waals surface area contributed by atoms with Crippen molar-refractivity contribution >= 4 is 43.4 Å². The molecule has 0 amide bonds. The first kappa shape index (κ1) is 42.9. The molecular weight excluding hydrogens is 890 g/mol. The molecule has 2 nitrogen and oxygen atoms in total. The minimum Gasteiger partial charge on any atom is -0.309 e. The molecule has 0 unspecified atom stereocenters. The van der Waals surface area contributed by atoms with Crippen molar-refractivity contribution in [2.75, 3.05) is 0 Å². The van der Waals surface area contributed by atoms with E-state index in [9.17, 15) is 13.2 Å². The number of hydrogen-bond acceptors (Lipinski definition) is 0. The summed E-state index contributed by atoms with van der Waals surface area (Å²) in [4.78, 5) is 0. The van der Waals surface area contributed by atoms with Gasteiger partial charge in [0.15, 0.2) is 0 Å². The molecule has 0 aliphatic carbocycles. The number of nitrogens with zero attached hydrogens (tertiary/aromatic N) is 2. The maximum absolute atomic E-state index is 14.7. The molecule has 5 heteroatoms. The second kappa shape index (κ2) is 17.3. The smallest absolute Gasteiger partial charge is 0.123 e. The number of para-hydroxylation sites is 2. The maximum atomic E-state index is 14.7. The summed E-state index contributed by atoms with van der Waals surface area (Å²) in [6.07, 6.45) is 0. The van der Waals surface area contributed by atoms with Gasteiger partial charge < -0.3 is 9.13 Å². The summed E-state index contributed by atoms with van der Waals surface area (Å²) in [6.45, 7) is 2.10. The van der Waals surface area contributed by atoms with E-state index in [-0.39, 0.29) is 17.5 Å². The van der Waals surface area contributed by atoms with Crippen LogP contribution in [0.3, 0.4) is 0 Å². The Kier molecular flexibility index (Phi) is 10.3. The number of aromatic nitrogens is 2. The molecule has 0 spiro atoms. The van der Waals surface area contributed by atoms with E-state index in [0.717, 1.165) is 122 Å². The average Bonchev–Trinajstić information content (AvgIpc) is 3.95. The summed E-state index contributed by atoms with van der Waals surface area (Å²) < 4.78 is 48.6. The molecule has 11 aromatic carbocycles. The molecule has 13 aromatic rings. The van der Waals surface area contributed by atoms with Gasteiger partial charge >= 0.3 is 0 Å². The Morgan fingerprint density at radius 2 is 0.597 bits per heavy atom. The number of hydrogen-bond donors (Lipinski definition) is 0. The van der Waals surface area contributed by atoms with Gasteiger partial charge in [0.05, 0.1) is 22.4 Å². The maximum Gasteiger partial charge on any atom is 0.123 e. The van der Waals surface area contributed by atoms with Gasteiger partial charge in [-0.3, -0.25) is 0 Å². The van der Waals surface area contributed by atoms with Crippen LogP contribution in [-0.4, -0.2) is 9.13 Å². The highest BCUT2D eigenvalue weighted by Crippen LogP contribution is 2.49. The second-order valence-corrected chi connectivity index (χ2v) is 18.5. The molecule has 0 atom stereocenters. The van der Waals surface area contributed by atoms with E-state index >= 15 is 0 Å². The second-order valence-electron chi connectivity index (χ2n) is 18.5. The van der Waals surface area contributed by atoms with E-state index in [4.69, 9.17) is 0 Å². The van der Waals surface area contributed by atoms with Gasteiger partial charge in [-0.1, -0.05) is 151 Å². The zero-order valence-electron chi connectivity index (χ0n) is 39.1. The lowest BCUT2D eigenvalue weighted by Gasteiger charge is -2.21. The van der Waals surface area contributed by atoms with Gasteiger partial charge in [-0.15, -0.1) is 0 Å². The van der Waals surface area contributed by atoms with E-state index in [2.05, 4.69) is 168 Å². The fourth-order valence-electron chi connectivity index (χ4n) is 11.0. The quantitative estimate of drug-likeness (QED) is 0.134. The van der Waals surface area contributed by atoms with Crippen LogP contribution in [0.1, 0.15) is 5.56 Å². The van der Waals surface area contributed by atoms with Crippen molar-refractivity contribution in [2.45, 2.75) is 6.92 Å². The Hall–Kier alpha value is -9.19. The Bertz CT molecular complexity index is 3920. The first-order valence-electron chi connectivity index (χ1n) is 24.1. The van der Waals surface area contributed by atoms with Crippen molar-refractivity contribution < 1.29 is 13.2 Å². The van der Waals surface area contributed by atoms with Crippen molar-refractivity contribution in [3.63, 3.8) is 0 Å². The van der Waals surface area contributed by atoms with E-state index in [1.165, 1.54) is 29.8 Å². The van der Waals surface area contributed by atoms with Crippen LogP contribution < -0.4 is 0 Å². The highest BCUT2D eigenvalue weighted by atomic mass is 19.1. The van der Waals surface area contributed by atoms with Crippen molar-refractivity contribution in [2.24, 2.45) is 0 Å². The molecular formula is C67H43F3N2. The topological polar surface area (TPSA) is 9.86 Å². The van der Waals surface area contributed by atoms with Crippen molar-refractivity contribution in [1.29, 1.82) is 0 Å². The van der Waals surface area contributed by atoms with Gasteiger partial charge in [0, 0.05) is 33.3 Å². The summed E-state index contributed by atoms with van der Waals surface area (Å²) in [5, 5.41) is 6.38. The number of aryl methyl sites for hydroxylation is 1. The van der Waals surface area contributed by atoms with Crippen LogP contribution in [-0.2, 0) is 0 Å². The summed E-state index contributed by atoms with van der Waals surface area (Å²) >= 11 is 0. The summed E-state index contributed by atoms with van der Waals surface area (Å²) in [5.74, 6) is -0.927. The molecule has 0 fully saturated rings. The zero-order valence-corrected chi connectivity index (χ0v) is 39.1. The van der Waals surface area contributed by atoms with E-state index < -0.39 is 0 Å². The number of benzene rings is 11. The highest BCUT2D eigenvalue weighted by Gasteiger charge is 2.26. The molecule has 342 valence electrons. The molecule has 72 heavy (non-hydrogen) atoms. The zero-order chi connectivity index (χ0) is 48.5. The van der Waals surface area contributed by atoms with Crippen LogP contribution >= 0.6 is 0 Å². The SMILES string of the molecule is Cc1ccc(-c2c(-c3ccc(F)cc3)n(-c3ccc4c(-c5ccccc5)c5cc(-n6c(-c7ccc(F)cc7)c(-c7ccc(F)cc7)c7ccccc76)ccc5c(-c5ccccc5)c4c3)c3ccccc23)cc1. The van der Waals surface area contributed by atoms with Gasteiger partial charge in [0.25, 0.3) is 0 Å². The lowest BCUT2D eigenvalue weighted by atomic mass is 9.85. The lowest BCUT2D eigenvalue weighted by Crippen LogP contribution is -2.00. The molecule has 0 saturated carbocycles. The average molecular weight is 933 g/mol. The van der Waals surface area contributed by atoms with Crippen molar-refractivity contribution in [3.8, 4) is 78.4 Å². The molecule has 2 aromatic heterocycles. The van der Waals surface area contributed by atoms with Crippen molar-refractivity contribution in [3.05, 3.63) is 266 Å². The third-order valence-electron chi connectivity index (χ3n) is 14.2. The van der Waals surface area contributed by atoms with Crippen LogP contribution in [0, 0.1) is 24.4 Å². The minimum absolute atomic E-state index is 0.287. The van der Waals surface area contributed by atoms with E-state index in [1.54, 1.807) is 12.1 Å². The van der Waals surface area contributed by atoms with Gasteiger partial charge in [0.2, 0.25) is 0 Å². The third-order valence-corrected chi connectivity index (χ3v) is 14.2. The Morgan fingerprint density at radius 3 is 1.00 bits per heavy atom. The predicted molar refractivity (Wildman–Crippen MR) is 292 cm³/mol. The summed E-state index contributed by atoms with van der Waals surface area (Å²) in [5.41, 5.74) is 16.9. The molecule has 13 rings (SSSR count). The van der Waals surface area contributed by atoms with Crippen LogP contribution in [0.25, 0.3) is 122 Å². The fourth-order valence-corrected chi connectivity index (χ4v) is 11.0. The standard InChI is InChI=1S/C67H43F3N2/c1-42-20-22-45(23-21-42)64-56-16-8-10-18-60(56)71(66(64)47-26-32-50(69)33-27-47)52-36-38-54-58(40-52)62(43-12-4-2-5-13-43)55-39-37-53(41-59(55)63(54)44-14-6-3-7-15-44)72-61-19-11-9-17-57(61)65(46-24-30-49(68)31-25-46)67(72)48-28-34-51(70)35-29-48/h2-41H,1H3. The fraction of sp³-hybridized carbons (Fsp3) is 0.0149. The van der Waals surface area contributed by atoms with Gasteiger partial charge in [-0.2, -0.15) is 0 Å². The molecule has 0 saturated heterocycles. The molecule has 0 radical (unpaired) electrons. The van der Waals surface area contributed by atoms with Gasteiger partial charge in [-0.25, -0.2) is 13.2 Å². The summed E-state index contributed by atoms with van der Waals surface area (Å²) in [7, 11) is 0. The molecule has 0 aliphatic rings.